The lowest BCUT2D eigenvalue weighted by atomic mass is 9.82. The molecule has 0 saturated carbocycles. The summed E-state index contributed by atoms with van der Waals surface area (Å²) in [6.07, 6.45) is 2.72. The maximum absolute atomic E-state index is 12.5. The fourth-order valence-corrected chi connectivity index (χ4v) is 2.79. The number of carboxylic acids is 1. The molecule has 2 heterocycles. The number of rotatable bonds is 3. The monoisotopic (exact) mass is 314 g/mol. The fraction of sp³-hybridized carbons (Fsp3) is 0.375. The number of benzene rings is 1. The molecule has 0 radical (unpaired) electrons. The summed E-state index contributed by atoms with van der Waals surface area (Å²) in [5, 5.41) is 13.6. The summed E-state index contributed by atoms with van der Waals surface area (Å²) in [5.74, 6) is -1.12. The first kappa shape index (κ1) is 15.2. The summed E-state index contributed by atoms with van der Waals surface area (Å²) in [5.41, 5.74) is -0.0938. The molecule has 1 fully saturated rings. The van der Waals surface area contributed by atoms with Gasteiger partial charge in [-0.15, -0.1) is 5.10 Å². The van der Waals surface area contributed by atoms with E-state index in [4.69, 9.17) is 0 Å². The molecule has 3 rings (SSSR count). The van der Waals surface area contributed by atoms with Crippen LogP contribution >= 0.6 is 0 Å². The van der Waals surface area contributed by atoms with E-state index in [9.17, 15) is 14.7 Å². The first-order valence-corrected chi connectivity index (χ1v) is 7.49. The second-order valence-corrected chi connectivity index (χ2v) is 6.04. The van der Waals surface area contributed by atoms with E-state index in [2.05, 4.69) is 10.1 Å². The van der Waals surface area contributed by atoms with E-state index in [0.717, 1.165) is 5.69 Å². The molecule has 1 N–H and O–H groups in total. The van der Waals surface area contributed by atoms with Gasteiger partial charge in [0.25, 0.3) is 5.91 Å². The number of carbonyl (C=O) groups excluding carboxylic acids is 1. The average Bonchev–Trinajstić information content (AvgIpc) is 3.05. The minimum atomic E-state index is -0.907. The summed E-state index contributed by atoms with van der Waals surface area (Å²) < 4.78 is 1.54. The first-order valence-electron chi connectivity index (χ1n) is 7.49. The number of carboxylic acid groups (broad SMARTS) is 1. The topological polar surface area (TPSA) is 88.3 Å². The van der Waals surface area contributed by atoms with Crippen molar-refractivity contribution in [3.63, 3.8) is 0 Å². The summed E-state index contributed by atoms with van der Waals surface area (Å²) in [6, 6.07) is 9.38. The number of piperidine rings is 1. The summed E-state index contributed by atoms with van der Waals surface area (Å²) in [7, 11) is 0. The molecular formula is C16H18N4O3. The molecule has 0 bridgehead atoms. The van der Waals surface area contributed by atoms with Gasteiger partial charge in [-0.05, 0) is 31.9 Å². The van der Waals surface area contributed by atoms with Gasteiger partial charge in [-0.3, -0.25) is 9.59 Å². The molecule has 1 saturated heterocycles. The second-order valence-electron chi connectivity index (χ2n) is 6.04. The van der Waals surface area contributed by atoms with E-state index in [1.54, 1.807) is 6.92 Å². The van der Waals surface area contributed by atoms with Crippen molar-refractivity contribution in [2.75, 3.05) is 13.1 Å². The van der Waals surface area contributed by atoms with Crippen LogP contribution in [0.25, 0.3) is 5.69 Å². The molecule has 1 atom stereocenters. The Hall–Kier alpha value is -2.70. The number of nitrogens with zero attached hydrogens (tertiary/aromatic N) is 4. The zero-order valence-electron chi connectivity index (χ0n) is 12.8. The van der Waals surface area contributed by atoms with E-state index >= 15 is 0 Å². The third-order valence-corrected chi connectivity index (χ3v) is 4.20. The number of para-hydroxylation sites is 1. The molecule has 0 unspecified atom stereocenters. The van der Waals surface area contributed by atoms with Crippen molar-refractivity contribution in [2.45, 2.75) is 19.8 Å². The van der Waals surface area contributed by atoms with E-state index in [1.165, 1.54) is 15.9 Å². The van der Waals surface area contributed by atoms with Gasteiger partial charge < -0.3 is 10.0 Å². The molecule has 0 aliphatic carbocycles. The molecule has 7 nitrogen and oxygen atoms in total. The first-order chi connectivity index (χ1) is 11.0. The predicted octanol–water partition coefficient (Wildman–Crippen LogP) is 1.59. The van der Waals surface area contributed by atoms with Crippen molar-refractivity contribution in [3.8, 4) is 5.69 Å². The molecule has 0 spiro atoms. The number of amides is 1. The summed E-state index contributed by atoms with van der Waals surface area (Å²) in [6.45, 7) is 2.38. The third-order valence-electron chi connectivity index (χ3n) is 4.20. The highest BCUT2D eigenvalue weighted by Crippen LogP contribution is 2.30. The average molecular weight is 314 g/mol. The largest absolute Gasteiger partial charge is 0.481 e. The minimum Gasteiger partial charge on any atom is -0.481 e. The Morgan fingerprint density at radius 2 is 2.00 bits per heavy atom. The maximum atomic E-state index is 12.5. The van der Waals surface area contributed by atoms with Crippen LogP contribution < -0.4 is 0 Å². The van der Waals surface area contributed by atoms with Gasteiger partial charge in [0.15, 0.2) is 0 Å². The summed E-state index contributed by atoms with van der Waals surface area (Å²) in [4.78, 5) is 29.5. The predicted molar refractivity (Wildman–Crippen MR) is 82.2 cm³/mol. The van der Waals surface area contributed by atoms with E-state index < -0.39 is 11.4 Å². The van der Waals surface area contributed by atoms with Crippen LogP contribution in [0.2, 0.25) is 0 Å². The Morgan fingerprint density at radius 1 is 1.26 bits per heavy atom. The van der Waals surface area contributed by atoms with Crippen molar-refractivity contribution in [3.05, 3.63) is 42.5 Å². The number of hydrogen-bond donors (Lipinski definition) is 1. The second kappa shape index (κ2) is 5.83. The van der Waals surface area contributed by atoms with Gasteiger partial charge in [-0.25, -0.2) is 9.67 Å². The Morgan fingerprint density at radius 3 is 2.70 bits per heavy atom. The van der Waals surface area contributed by atoms with E-state index in [1.807, 2.05) is 30.3 Å². The molecular weight excluding hydrogens is 296 g/mol. The molecule has 1 aromatic carbocycles. The van der Waals surface area contributed by atoms with Crippen LogP contribution in [0, 0.1) is 5.41 Å². The molecule has 7 heteroatoms. The van der Waals surface area contributed by atoms with Crippen molar-refractivity contribution in [1.82, 2.24) is 19.7 Å². The van der Waals surface area contributed by atoms with Crippen LogP contribution in [-0.4, -0.2) is 49.7 Å². The van der Waals surface area contributed by atoms with E-state index in [0.29, 0.717) is 19.4 Å². The Labute approximate surface area is 133 Å². The van der Waals surface area contributed by atoms with Gasteiger partial charge in [0.2, 0.25) is 5.82 Å². The molecule has 1 amide bonds. The molecule has 1 aliphatic heterocycles. The van der Waals surface area contributed by atoms with Crippen LogP contribution in [0.15, 0.2) is 36.7 Å². The van der Waals surface area contributed by atoms with E-state index in [-0.39, 0.29) is 18.3 Å². The number of aromatic nitrogens is 3. The lowest BCUT2D eigenvalue weighted by molar-refractivity contribution is -0.150. The van der Waals surface area contributed by atoms with Crippen LogP contribution in [0.5, 0.6) is 0 Å². The van der Waals surface area contributed by atoms with Crippen molar-refractivity contribution >= 4 is 11.9 Å². The highest BCUT2D eigenvalue weighted by molar-refractivity contribution is 5.91. The molecule has 1 aromatic heterocycles. The van der Waals surface area contributed by atoms with Crippen molar-refractivity contribution in [1.29, 1.82) is 0 Å². The molecule has 2 aromatic rings. The minimum absolute atomic E-state index is 0.0866. The fourth-order valence-electron chi connectivity index (χ4n) is 2.79. The molecule has 23 heavy (non-hydrogen) atoms. The normalized spacial score (nSPS) is 21.2. The molecule has 1 aliphatic rings. The SMILES string of the molecule is C[C@]1(C(=O)O)CCCN(C(=O)c2ncn(-c3ccccc3)n2)C1. The Bertz CT molecular complexity index is 728. The lowest BCUT2D eigenvalue weighted by Gasteiger charge is -2.36. The number of carbonyl (C=O) groups is 2. The number of hydrogen-bond acceptors (Lipinski definition) is 4. The standard InChI is InChI=1S/C16H18N4O3/c1-16(15(22)23)8-5-9-19(10-16)14(21)13-17-11-20(18-13)12-6-3-2-4-7-12/h2-4,6-7,11H,5,8-10H2,1H3,(H,22,23)/t16-/m0/s1. The smallest absolute Gasteiger partial charge is 0.311 e. The van der Waals surface area contributed by atoms with Crippen LogP contribution in [0.3, 0.4) is 0 Å². The van der Waals surface area contributed by atoms with Crippen molar-refractivity contribution < 1.29 is 14.7 Å². The van der Waals surface area contributed by atoms with Gasteiger partial charge in [-0.1, -0.05) is 18.2 Å². The van der Waals surface area contributed by atoms with Crippen molar-refractivity contribution in [2.24, 2.45) is 5.41 Å². The van der Waals surface area contributed by atoms with Crippen LogP contribution in [0.4, 0.5) is 0 Å². The number of likely N-dealkylation sites (tertiary alicyclic amines) is 1. The Balaban J connectivity index is 1.79. The van der Waals surface area contributed by atoms with Gasteiger partial charge in [0.05, 0.1) is 11.1 Å². The lowest BCUT2D eigenvalue weighted by Crippen LogP contribution is -2.48. The quantitative estimate of drug-likeness (QED) is 0.929. The van der Waals surface area contributed by atoms with Crippen LogP contribution in [0.1, 0.15) is 30.4 Å². The Kier molecular flexibility index (Phi) is 3.85. The highest BCUT2D eigenvalue weighted by Gasteiger charge is 2.40. The zero-order valence-corrected chi connectivity index (χ0v) is 12.8. The van der Waals surface area contributed by atoms with Gasteiger partial charge in [0.1, 0.15) is 6.33 Å². The third kappa shape index (κ3) is 2.94. The van der Waals surface area contributed by atoms with Gasteiger partial charge in [0, 0.05) is 13.1 Å². The maximum Gasteiger partial charge on any atom is 0.311 e. The number of aliphatic carboxylic acids is 1. The zero-order chi connectivity index (χ0) is 16.4. The van der Waals surface area contributed by atoms with Gasteiger partial charge >= 0.3 is 5.97 Å². The highest BCUT2D eigenvalue weighted by atomic mass is 16.4. The van der Waals surface area contributed by atoms with Crippen LogP contribution in [-0.2, 0) is 4.79 Å². The summed E-state index contributed by atoms with van der Waals surface area (Å²) >= 11 is 0. The molecule has 120 valence electrons. The van der Waals surface area contributed by atoms with Gasteiger partial charge in [-0.2, -0.15) is 0 Å².